The van der Waals surface area contributed by atoms with E-state index >= 15 is 0 Å². The van der Waals surface area contributed by atoms with Crippen molar-refractivity contribution in [2.45, 2.75) is 19.8 Å². The van der Waals surface area contributed by atoms with Crippen LogP contribution in [0.1, 0.15) is 28.8 Å². The van der Waals surface area contributed by atoms with Gasteiger partial charge in [-0.2, -0.15) is 0 Å². The Morgan fingerprint density at radius 3 is 2.93 bits per heavy atom. The summed E-state index contributed by atoms with van der Waals surface area (Å²) < 4.78 is 0. The molecule has 0 aromatic heterocycles. The number of rotatable bonds is 4. The van der Waals surface area contributed by atoms with Crippen LogP contribution >= 0.6 is 11.6 Å². The predicted octanol–water partition coefficient (Wildman–Crippen LogP) is 3.80. The maximum absolute atomic E-state index is 11.7. The summed E-state index contributed by atoms with van der Waals surface area (Å²) in [5, 5.41) is 0.648. The van der Waals surface area contributed by atoms with Gasteiger partial charge in [0.1, 0.15) is 0 Å². The molecule has 0 aliphatic rings. The minimum atomic E-state index is 0.130. The Bertz CT molecular complexity index is 355. The third-order valence-electron chi connectivity index (χ3n) is 2.14. The van der Waals surface area contributed by atoms with Crippen molar-refractivity contribution in [3.8, 4) is 0 Å². The Balaban J connectivity index is 2.89. The van der Waals surface area contributed by atoms with Crippen LogP contribution in [-0.4, -0.2) is 5.78 Å². The zero-order chi connectivity index (χ0) is 10.6. The van der Waals surface area contributed by atoms with Crippen LogP contribution in [0, 0.1) is 6.92 Å². The van der Waals surface area contributed by atoms with Crippen molar-refractivity contribution >= 4 is 17.4 Å². The maximum atomic E-state index is 11.7. The van der Waals surface area contributed by atoms with E-state index in [-0.39, 0.29) is 5.78 Å². The number of hydrogen-bond acceptors (Lipinski definition) is 1. The largest absolute Gasteiger partial charge is 0.294 e. The fraction of sp³-hybridized carbons (Fsp3) is 0.250. The Labute approximate surface area is 89.4 Å². The first kappa shape index (κ1) is 11.0. The fourth-order valence-electron chi connectivity index (χ4n) is 1.28. The van der Waals surface area contributed by atoms with Crippen molar-refractivity contribution < 1.29 is 4.79 Å². The third-order valence-corrected chi connectivity index (χ3v) is 2.55. The number of Topliss-reactive ketones (excluding diaryl/α,β-unsaturated/α-hetero) is 1. The molecule has 0 aliphatic carbocycles. The molecule has 0 spiro atoms. The van der Waals surface area contributed by atoms with Gasteiger partial charge in [0.15, 0.2) is 5.78 Å². The molecule has 1 nitrogen and oxygen atoms in total. The second kappa shape index (κ2) is 4.97. The van der Waals surface area contributed by atoms with Crippen LogP contribution in [0.25, 0.3) is 0 Å². The van der Waals surface area contributed by atoms with Gasteiger partial charge >= 0.3 is 0 Å². The summed E-state index contributed by atoms with van der Waals surface area (Å²) in [6.07, 6.45) is 2.97. The minimum absolute atomic E-state index is 0.130. The fourth-order valence-corrected chi connectivity index (χ4v) is 1.45. The number of hydrogen-bond donors (Lipinski definition) is 0. The predicted molar refractivity (Wildman–Crippen MR) is 60.0 cm³/mol. The molecule has 0 saturated carbocycles. The summed E-state index contributed by atoms with van der Waals surface area (Å²) in [5.74, 6) is 0.130. The highest BCUT2D eigenvalue weighted by Gasteiger charge is 2.09. The molecular weight excluding hydrogens is 196 g/mol. The summed E-state index contributed by atoms with van der Waals surface area (Å²) in [6.45, 7) is 5.45. The lowest BCUT2D eigenvalue weighted by atomic mass is 10.0. The van der Waals surface area contributed by atoms with Gasteiger partial charge in [-0.1, -0.05) is 29.8 Å². The van der Waals surface area contributed by atoms with Gasteiger partial charge in [0.2, 0.25) is 0 Å². The first-order valence-corrected chi connectivity index (χ1v) is 4.94. The standard InChI is InChI=1S/C12H13ClO/c1-3-4-8-12(14)10-6-5-7-11(13)9(10)2/h3,5-7H,1,4,8H2,2H3. The topological polar surface area (TPSA) is 17.1 Å². The molecule has 14 heavy (non-hydrogen) atoms. The Kier molecular flexibility index (Phi) is 3.90. The van der Waals surface area contributed by atoms with E-state index in [2.05, 4.69) is 6.58 Å². The molecule has 1 aromatic rings. The molecule has 2 heteroatoms. The normalized spacial score (nSPS) is 9.86. The molecule has 74 valence electrons. The monoisotopic (exact) mass is 208 g/mol. The first-order chi connectivity index (χ1) is 6.66. The van der Waals surface area contributed by atoms with Gasteiger partial charge < -0.3 is 0 Å². The van der Waals surface area contributed by atoms with Crippen LogP contribution < -0.4 is 0 Å². The zero-order valence-corrected chi connectivity index (χ0v) is 8.97. The van der Waals surface area contributed by atoms with Gasteiger partial charge in [0.25, 0.3) is 0 Å². The van der Waals surface area contributed by atoms with Gasteiger partial charge in [-0.25, -0.2) is 0 Å². The molecule has 0 atom stereocenters. The van der Waals surface area contributed by atoms with Crippen LogP contribution in [0.4, 0.5) is 0 Å². The van der Waals surface area contributed by atoms with E-state index in [1.165, 1.54) is 0 Å². The van der Waals surface area contributed by atoms with Crippen molar-refractivity contribution in [1.29, 1.82) is 0 Å². The van der Waals surface area contributed by atoms with Gasteiger partial charge in [-0.15, -0.1) is 6.58 Å². The molecule has 1 aromatic carbocycles. The maximum Gasteiger partial charge on any atom is 0.163 e. The zero-order valence-electron chi connectivity index (χ0n) is 8.22. The van der Waals surface area contributed by atoms with E-state index in [9.17, 15) is 4.79 Å². The summed E-state index contributed by atoms with van der Waals surface area (Å²) in [7, 11) is 0. The molecule has 0 fully saturated rings. The molecule has 0 unspecified atom stereocenters. The van der Waals surface area contributed by atoms with Gasteiger partial charge in [0.05, 0.1) is 0 Å². The van der Waals surface area contributed by atoms with E-state index in [0.29, 0.717) is 17.9 Å². The van der Waals surface area contributed by atoms with E-state index in [4.69, 9.17) is 11.6 Å². The number of benzene rings is 1. The molecule has 0 amide bonds. The minimum Gasteiger partial charge on any atom is -0.294 e. The SMILES string of the molecule is C=CCCC(=O)c1cccc(Cl)c1C. The van der Waals surface area contributed by atoms with E-state index < -0.39 is 0 Å². The van der Waals surface area contributed by atoms with Crippen molar-refractivity contribution in [3.63, 3.8) is 0 Å². The highest BCUT2D eigenvalue weighted by molar-refractivity contribution is 6.31. The molecule has 1 rings (SSSR count). The van der Waals surface area contributed by atoms with Crippen LogP contribution in [0.15, 0.2) is 30.9 Å². The second-order valence-corrected chi connectivity index (χ2v) is 3.57. The second-order valence-electron chi connectivity index (χ2n) is 3.16. The van der Waals surface area contributed by atoms with Gasteiger partial charge in [-0.05, 0) is 25.0 Å². The van der Waals surface area contributed by atoms with Crippen molar-refractivity contribution in [1.82, 2.24) is 0 Å². The lowest BCUT2D eigenvalue weighted by molar-refractivity contribution is 0.0983. The van der Waals surface area contributed by atoms with Crippen LogP contribution in [0.3, 0.4) is 0 Å². The number of carbonyl (C=O) groups excluding carboxylic acids is 1. The third kappa shape index (κ3) is 2.46. The lowest BCUT2D eigenvalue weighted by Gasteiger charge is -2.05. The van der Waals surface area contributed by atoms with E-state index in [0.717, 1.165) is 11.1 Å². The van der Waals surface area contributed by atoms with Crippen molar-refractivity contribution in [2.24, 2.45) is 0 Å². The molecule has 0 N–H and O–H groups in total. The summed E-state index contributed by atoms with van der Waals surface area (Å²) in [5.41, 5.74) is 1.59. The molecule has 0 radical (unpaired) electrons. The van der Waals surface area contributed by atoms with Gasteiger partial charge in [-0.3, -0.25) is 4.79 Å². The van der Waals surface area contributed by atoms with Crippen LogP contribution in [0.2, 0.25) is 5.02 Å². The number of ketones is 1. The summed E-state index contributed by atoms with van der Waals surface area (Å²) in [4.78, 5) is 11.7. The molecule has 0 aliphatic heterocycles. The van der Waals surface area contributed by atoms with Crippen LogP contribution in [0.5, 0.6) is 0 Å². The highest BCUT2D eigenvalue weighted by Crippen LogP contribution is 2.20. The smallest absolute Gasteiger partial charge is 0.163 e. The number of allylic oxidation sites excluding steroid dienone is 1. The van der Waals surface area contributed by atoms with Crippen LogP contribution in [-0.2, 0) is 0 Å². The number of carbonyl (C=O) groups is 1. The highest BCUT2D eigenvalue weighted by atomic mass is 35.5. The quantitative estimate of drug-likeness (QED) is 0.544. The van der Waals surface area contributed by atoms with E-state index in [1.54, 1.807) is 18.2 Å². The molecular formula is C12H13ClO. The Hall–Kier alpha value is -1.08. The Morgan fingerprint density at radius 1 is 1.57 bits per heavy atom. The van der Waals surface area contributed by atoms with E-state index in [1.807, 2.05) is 13.0 Å². The van der Waals surface area contributed by atoms with Crippen molar-refractivity contribution in [3.05, 3.63) is 47.0 Å². The van der Waals surface area contributed by atoms with Crippen molar-refractivity contribution in [2.75, 3.05) is 0 Å². The summed E-state index contributed by atoms with van der Waals surface area (Å²) in [6, 6.07) is 5.41. The lowest BCUT2D eigenvalue weighted by Crippen LogP contribution is -2.01. The molecule has 0 saturated heterocycles. The first-order valence-electron chi connectivity index (χ1n) is 4.56. The molecule has 0 heterocycles. The average Bonchev–Trinajstić information content (AvgIpc) is 2.18. The molecule has 0 bridgehead atoms. The van der Waals surface area contributed by atoms with Gasteiger partial charge in [0, 0.05) is 17.0 Å². The Morgan fingerprint density at radius 2 is 2.29 bits per heavy atom. The number of halogens is 1. The average molecular weight is 209 g/mol. The summed E-state index contributed by atoms with van der Waals surface area (Å²) >= 11 is 5.92.